The van der Waals surface area contributed by atoms with Crippen LogP contribution in [0, 0.1) is 0 Å². The molecule has 1 heterocycles. The van der Waals surface area contributed by atoms with E-state index in [1.54, 1.807) is 36.4 Å². The van der Waals surface area contributed by atoms with Crippen molar-refractivity contribution >= 4 is 19.9 Å². The van der Waals surface area contributed by atoms with Crippen LogP contribution in [0.3, 0.4) is 0 Å². The first-order valence-corrected chi connectivity index (χ1v) is 12.2. The molecule has 3 rings (SSSR count). The Morgan fingerprint density at radius 2 is 1.59 bits per heavy atom. The Kier molecular flexibility index (Phi) is 5.74. The summed E-state index contributed by atoms with van der Waals surface area (Å²) in [6.45, 7) is 4.27. The molecule has 1 atom stereocenters. The second kappa shape index (κ2) is 7.73. The predicted molar refractivity (Wildman–Crippen MR) is 107 cm³/mol. The van der Waals surface area contributed by atoms with E-state index < -0.39 is 25.1 Å². The van der Waals surface area contributed by atoms with Gasteiger partial charge in [-0.3, -0.25) is 0 Å². The van der Waals surface area contributed by atoms with E-state index >= 15 is 0 Å². The van der Waals surface area contributed by atoms with E-state index in [0.29, 0.717) is 5.92 Å². The van der Waals surface area contributed by atoms with Gasteiger partial charge in [0.1, 0.15) is 0 Å². The third kappa shape index (κ3) is 4.25. The van der Waals surface area contributed by atoms with Crippen molar-refractivity contribution in [3.05, 3.63) is 65.7 Å². The minimum Gasteiger partial charge on any atom is -0.228 e. The zero-order valence-corrected chi connectivity index (χ0v) is 17.2. The Balaban J connectivity index is 1.86. The zero-order valence-electron chi connectivity index (χ0n) is 15.6. The lowest BCUT2D eigenvalue weighted by atomic mass is 10.0. The number of sulfone groups is 1. The molecule has 1 saturated heterocycles. The fraction of sp³-hybridized carbons (Fsp3) is 0.400. The summed E-state index contributed by atoms with van der Waals surface area (Å²) in [4.78, 5) is 0.211. The van der Waals surface area contributed by atoms with Crippen molar-refractivity contribution in [3.8, 4) is 0 Å². The van der Waals surface area contributed by atoms with Crippen molar-refractivity contribution in [3.63, 3.8) is 0 Å². The summed E-state index contributed by atoms with van der Waals surface area (Å²) in [5, 5.41) is -0.665. The van der Waals surface area contributed by atoms with Gasteiger partial charge in [-0.15, -0.1) is 0 Å². The van der Waals surface area contributed by atoms with Crippen LogP contribution in [-0.4, -0.2) is 40.0 Å². The smallest absolute Gasteiger partial charge is 0.228 e. The van der Waals surface area contributed by atoms with Crippen molar-refractivity contribution in [2.75, 3.05) is 18.8 Å². The lowest BCUT2D eigenvalue weighted by molar-refractivity contribution is 0.428. The number of rotatable bonds is 4. The van der Waals surface area contributed by atoms with Crippen molar-refractivity contribution in [2.24, 2.45) is 0 Å². The summed E-state index contributed by atoms with van der Waals surface area (Å²) in [5.41, 5.74) is 1.79. The highest BCUT2D eigenvalue weighted by molar-refractivity contribution is 7.92. The fourth-order valence-corrected chi connectivity index (χ4v) is 6.75. The Hall–Kier alpha value is -1.70. The van der Waals surface area contributed by atoms with Gasteiger partial charge in [0.15, 0.2) is 9.84 Å². The highest BCUT2D eigenvalue weighted by Gasteiger charge is 2.35. The van der Waals surface area contributed by atoms with Crippen molar-refractivity contribution < 1.29 is 16.8 Å². The van der Waals surface area contributed by atoms with Crippen LogP contribution in [0.4, 0.5) is 0 Å². The van der Waals surface area contributed by atoms with Crippen molar-refractivity contribution in [1.82, 2.24) is 4.31 Å². The van der Waals surface area contributed by atoms with Crippen LogP contribution in [0.1, 0.15) is 42.6 Å². The van der Waals surface area contributed by atoms with Gasteiger partial charge in [-0.05, 0) is 35.6 Å². The minimum atomic E-state index is -3.71. The molecule has 1 aliphatic rings. The largest absolute Gasteiger partial charge is 0.243 e. The van der Waals surface area contributed by atoms with E-state index in [2.05, 4.69) is 0 Å². The molecule has 0 radical (unpaired) electrons. The Morgan fingerprint density at radius 1 is 0.963 bits per heavy atom. The molecule has 1 fully saturated rings. The number of benzene rings is 2. The molecule has 1 aliphatic heterocycles. The molecule has 27 heavy (non-hydrogen) atoms. The Morgan fingerprint density at radius 3 is 2.19 bits per heavy atom. The highest BCUT2D eigenvalue weighted by Crippen LogP contribution is 2.31. The molecule has 0 aliphatic carbocycles. The normalized spacial score (nSPS) is 21.1. The summed E-state index contributed by atoms with van der Waals surface area (Å²) < 4.78 is 52.7. The molecule has 0 amide bonds. The quantitative estimate of drug-likeness (QED) is 0.779. The van der Waals surface area contributed by atoms with Gasteiger partial charge in [0.2, 0.25) is 10.0 Å². The van der Waals surface area contributed by atoms with Gasteiger partial charge in [0.05, 0.1) is 15.9 Å². The molecular formula is C20H25NO4S2. The van der Waals surface area contributed by atoms with Gasteiger partial charge in [-0.2, -0.15) is 4.31 Å². The molecule has 0 bridgehead atoms. The van der Waals surface area contributed by atoms with Gasteiger partial charge >= 0.3 is 0 Å². The predicted octanol–water partition coefficient (Wildman–Crippen LogP) is 3.36. The van der Waals surface area contributed by atoms with Crippen LogP contribution in [0.25, 0.3) is 0 Å². The maximum atomic E-state index is 13.0. The second-order valence-corrected chi connectivity index (χ2v) is 11.4. The van der Waals surface area contributed by atoms with E-state index in [0.717, 1.165) is 11.1 Å². The number of sulfonamides is 1. The highest BCUT2D eigenvalue weighted by atomic mass is 32.2. The Labute approximate surface area is 162 Å². The molecule has 7 heteroatoms. The van der Waals surface area contributed by atoms with E-state index in [1.807, 2.05) is 32.0 Å². The maximum Gasteiger partial charge on any atom is 0.243 e. The van der Waals surface area contributed by atoms with Gasteiger partial charge in [0.25, 0.3) is 0 Å². The van der Waals surface area contributed by atoms with E-state index in [1.165, 1.54) is 4.31 Å². The summed E-state index contributed by atoms with van der Waals surface area (Å²) in [6, 6.07) is 15.9. The minimum absolute atomic E-state index is 0.0140. The van der Waals surface area contributed by atoms with E-state index in [9.17, 15) is 16.8 Å². The molecule has 0 aromatic heterocycles. The summed E-state index contributed by atoms with van der Waals surface area (Å²) in [6.07, 6.45) is 0.260. The average molecular weight is 408 g/mol. The molecule has 5 nitrogen and oxygen atoms in total. The first kappa shape index (κ1) is 20.0. The van der Waals surface area contributed by atoms with Gasteiger partial charge < -0.3 is 0 Å². The van der Waals surface area contributed by atoms with Crippen LogP contribution in [0.2, 0.25) is 0 Å². The van der Waals surface area contributed by atoms with Crippen LogP contribution in [-0.2, 0) is 19.9 Å². The first-order chi connectivity index (χ1) is 12.7. The van der Waals surface area contributed by atoms with Crippen LogP contribution in [0.5, 0.6) is 0 Å². The Bertz CT molecular complexity index is 982. The third-order valence-electron chi connectivity index (χ3n) is 5.06. The summed E-state index contributed by atoms with van der Waals surface area (Å²) >= 11 is 0. The number of hydrogen-bond acceptors (Lipinski definition) is 4. The van der Waals surface area contributed by atoms with Crippen LogP contribution in [0.15, 0.2) is 59.5 Å². The fourth-order valence-electron chi connectivity index (χ4n) is 3.38. The van der Waals surface area contributed by atoms with Gasteiger partial charge in [-0.1, -0.05) is 56.3 Å². The standard InChI is InChI=1S/C20H25NO4S2/c1-16(2)17-8-10-19(11-9-17)27(24,25)21-13-12-20(26(22,23)15-14-21)18-6-4-3-5-7-18/h3-11,16,20H,12-15H2,1-2H3. The molecule has 2 aromatic carbocycles. The molecule has 146 valence electrons. The molecular weight excluding hydrogens is 382 g/mol. The topological polar surface area (TPSA) is 71.5 Å². The van der Waals surface area contributed by atoms with Crippen LogP contribution >= 0.6 is 0 Å². The summed E-state index contributed by atoms with van der Waals surface area (Å²) in [5.74, 6) is 0.146. The molecule has 0 N–H and O–H groups in total. The van der Waals surface area contributed by atoms with E-state index in [-0.39, 0.29) is 30.2 Å². The molecule has 0 spiro atoms. The van der Waals surface area contributed by atoms with Crippen molar-refractivity contribution in [1.29, 1.82) is 0 Å². The lowest BCUT2D eigenvalue weighted by Gasteiger charge is -2.20. The molecule has 1 unspecified atom stereocenters. The maximum absolute atomic E-state index is 13.0. The first-order valence-electron chi connectivity index (χ1n) is 9.08. The average Bonchev–Trinajstić information content (AvgIpc) is 2.81. The van der Waals surface area contributed by atoms with Crippen molar-refractivity contribution in [2.45, 2.75) is 36.3 Å². The SMILES string of the molecule is CC(C)c1ccc(S(=O)(=O)N2CCC(c3ccccc3)S(=O)(=O)CC2)cc1. The summed E-state index contributed by atoms with van der Waals surface area (Å²) in [7, 11) is -7.13. The number of hydrogen-bond donors (Lipinski definition) is 0. The van der Waals surface area contributed by atoms with Crippen LogP contribution < -0.4 is 0 Å². The zero-order chi connectivity index (χ0) is 19.7. The lowest BCUT2D eigenvalue weighted by Crippen LogP contribution is -2.33. The molecule has 0 saturated carbocycles. The monoisotopic (exact) mass is 407 g/mol. The van der Waals surface area contributed by atoms with Gasteiger partial charge in [-0.25, -0.2) is 16.8 Å². The third-order valence-corrected chi connectivity index (χ3v) is 9.09. The van der Waals surface area contributed by atoms with E-state index in [4.69, 9.17) is 0 Å². The second-order valence-electron chi connectivity index (χ2n) is 7.18. The number of nitrogens with zero attached hydrogens (tertiary/aromatic N) is 1. The van der Waals surface area contributed by atoms with Gasteiger partial charge in [0, 0.05) is 13.1 Å². The molecule has 2 aromatic rings.